The molecule has 11 heavy (non-hydrogen) atoms. The molecule has 0 aliphatic carbocycles. The average molecular weight is 158 g/mol. The Bertz CT molecular complexity index is 108. The molecule has 1 aliphatic rings. The molecular formula is C8H14O3. The Kier molecular flexibility index (Phi) is 4.16. The van der Waals surface area contributed by atoms with Gasteiger partial charge in [-0.15, -0.1) is 0 Å². The molecule has 1 aliphatic heterocycles. The van der Waals surface area contributed by atoms with Crippen molar-refractivity contribution in [2.45, 2.75) is 25.4 Å². The van der Waals surface area contributed by atoms with Gasteiger partial charge in [-0.3, -0.25) is 0 Å². The van der Waals surface area contributed by atoms with Crippen molar-refractivity contribution >= 4 is 6.29 Å². The van der Waals surface area contributed by atoms with Gasteiger partial charge in [-0.2, -0.15) is 0 Å². The van der Waals surface area contributed by atoms with Crippen LogP contribution < -0.4 is 0 Å². The zero-order valence-electron chi connectivity index (χ0n) is 6.62. The summed E-state index contributed by atoms with van der Waals surface area (Å²) in [6.07, 6.45) is 3.66. The van der Waals surface area contributed by atoms with Crippen molar-refractivity contribution in [3.63, 3.8) is 0 Å². The van der Waals surface area contributed by atoms with E-state index in [0.717, 1.165) is 32.3 Å². The van der Waals surface area contributed by atoms with Crippen molar-refractivity contribution in [1.82, 2.24) is 0 Å². The molecule has 0 radical (unpaired) electrons. The number of rotatable bonds is 4. The molecule has 1 heterocycles. The maximum Gasteiger partial charge on any atom is 0.122 e. The fourth-order valence-corrected chi connectivity index (χ4v) is 1.13. The maximum absolute atomic E-state index is 9.94. The van der Waals surface area contributed by atoms with Crippen LogP contribution in [0.5, 0.6) is 0 Å². The third-order valence-electron chi connectivity index (χ3n) is 1.76. The van der Waals surface area contributed by atoms with Crippen LogP contribution >= 0.6 is 0 Å². The molecule has 0 amide bonds. The molecule has 0 saturated carbocycles. The summed E-state index contributed by atoms with van der Waals surface area (Å²) < 4.78 is 10.6. The Morgan fingerprint density at radius 2 is 2.18 bits per heavy atom. The summed E-state index contributed by atoms with van der Waals surface area (Å²) in [5.74, 6) is 0. The third-order valence-corrected chi connectivity index (χ3v) is 1.76. The molecule has 1 rings (SSSR count). The van der Waals surface area contributed by atoms with E-state index in [9.17, 15) is 4.79 Å². The molecule has 0 unspecified atom stereocenters. The Labute approximate surface area is 66.7 Å². The number of carbonyl (C=O) groups excluding carboxylic acids is 1. The Balaban J connectivity index is 2.00. The van der Waals surface area contributed by atoms with E-state index in [2.05, 4.69) is 0 Å². The molecule has 0 aromatic heterocycles. The lowest BCUT2D eigenvalue weighted by atomic mass is 10.1. The largest absolute Gasteiger partial charge is 0.381 e. The van der Waals surface area contributed by atoms with E-state index >= 15 is 0 Å². The lowest BCUT2D eigenvalue weighted by Gasteiger charge is -2.21. The van der Waals surface area contributed by atoms with Gasteiger partial charge in [-0.05, 0) is 12.8 Å². The predicted octanol–water partition coefficient (Wildman–Crippen LogP) is 0.771. The van der Waals surface area contributed by atoms with E-state index < -0.39 is 0 Å². The third kappa shape index (κ3) is 3.49. The summed E-state index contributed by atoms with van der Waals surface area (Å²) in [7, 11) is 0. The van der Waals surface area contributed by atoms with Gasteiger partial charge in [-0.1, -0.05) is 0 Å². The van der Waals surface area contributed by atoms with Crippen molar-refractivity contribution in [3.05, 3.63) is 0 Å². The second-order valence-corrected chi connectivity index (χ2v) is 2.64. The van der Waals surface area contributed by atoms with Crippen LogP contribution in [0.15, 0.2) is 0 Å². The summed E-state index contributed by atoms with van der Waals surface area (Å²) in [5.41, 5.74) is 0. The van der Waals surface area contributed by atoms with Crippen molar-refractivity contribution in [2.24, 2.45) is 0 Å². The van der Waals surface area contributed by atoms with Crippen molar-refractivity contribution in [1.29, 1.82) is 0 Å². The van der Waals surface area contributed by atoms with Crippen molar-refractivity contribution < 1.29 is 14.3 Å². The monoisotopic (exact) mass is 158 g/mol. The van der Waals surface area contributed by atoms with E-state index in [-0.39, 0.29) is 0 Å². The second kappa shape index (κ2) is 5.27. The van der Waals surface area contributed by atoms with Gasteiger partial charge >= 0.3 is 0 Å². The molecule has 0 spiro atoms. The average Bonchev–Trinajstić information content (AvgIpc) is 2.07. The Morgan fingerprint density at radius 1 is 1.45 bits per heavy atom. The van der Waals surface area contributed by atoms with Gasteiger partial charge in [0.1, 0.15) is 6.29 Å². The highest BCUT2D eigenvalue weighted by Gasteiger charge is 2.12. The maximum atomic E-state index is 9.94. The van der Waals surface area contributed by atoms with E-state index in [0.29, 0.717) is 19.1 Å². The fourth-order valence-electron chi connectivity index (χ4n) is 1.13. The molecule has 0 aromatic rings. The Morgan fingerprint density at radius 3 is 2.82 bits per heavy atom. The van der Waals surface area contributed by atoms with Gasteiger partial charge in [0.15, 0.2) is 0 Å². The SMILES string of the molecule is O=CCCOC1CCOCC1. The molecule has 3 heteroatoms. The second-order valence-electron chi connectivity index (χ2n) is 2.64. The zero-order valence-corrected chi connectivity index (χ0v) is 6.62. The van der Waals surface area contributed by atoms with E-state index in [1.54, 1.807) is 0 Å². The van der Waals surface area contributed by atoms with Crippen molar-refractivity contribution in [2.75, 3.05) is 19.8 Å². The first-order valence-corrected chi connectivity index (χ1v) is 4.06. The highest BCUT2D eigenvalue weighted by atomic mass is 16.5. The predicted molar refractivity (Wildman–Crippen MR) is 40.5 cm³/mol. The fraction of sp³-hybridized carbons (Fsp3) is 0.875. The molecule has 0 atom stereocenters. The summed E-state index contributed by atoms with van der Waals surface area (Å²) in [4.78, 5) is 9.94. The van der Waals surface area contributed by atoms with Crippen LogP contribution in [0.2, 0.25) is 0 Å². The summed E-state index contributed by atoms with van der Waals surface area (Å²) in [6, 6.07) is 0. The number of hydrogen-bond acceptors (Lipinski definition) is 3. The summed E-state index contributed by atoms with van der Waals surface area (Å²) >= 11 is 0. The minimum Gasteiger partial charge on any atom is -0.381 e. The van der Waals surface area contributed by atoms with Gasteiger partial charge in [0.25, 0.3) is 0 Å². The van der Waals surface area contributed by atoms with Gasteiger partial charge in [-0.25, -0.2) is 0 Å². The molecular weight excluding hydrogens is 144 g/mol. The van der Waals surface area contributed by atoms with Crippen LogP contribution in [0, 0.1) is 0 Å². The van der Waals surface area contributed by atoms with E-state index in [1.165, 1.54) is 0 Å². The van der Waals surface area contributed by atoms with Crippen LogP contribution in [-0.4, -0.2) is 32.2 Å². The highest BCUT2D eigenvalue weighted by molar-refractivity contribution is 5.49. The molecule has 0 N–H and O–H groups in total. The topological polar surface area (TPSA) is 35.5 Å². The van der Waals surface area contributed by atoms with Crippen LogP contribution in [0.3, 0.4) is 0 Å². The number of hydrogen-bond donors (Lipinski definition) is 0. The minimum atomic E-state index is 0.323. The zero-order chi connectivity index (χ0) is 7.94. The van der Waals surface area contributed by atoms with Crippen LogP contribution in [-0.2, 0) is 14.3 Å². The van der Waals surface area contributed by atoms with Gasteiger partial charge in [0.2, 0.25) is 0 Å². The van der Waals surface area contributed by atoms with Gasteiger partial charge in [0, 0.05) is 19.6 Å². The molecule has 1 saturated heterocycles. The molecule has 0 aromatic carbocycles. The first-order chi connectivity index (χ1) is 5.43. The summed E-state index contributed by atoms with van der Waals surface area (Å²) in [5, 5.41) is 0. The van der Waals surface area contributed by atoms with Crippen LogP contribution in [0.1, 0.15) is 19.3 Å². The van der Waals surface area contributed by atoms with Gasteiger partial charge in [0.05, 0.1) is 12.7 Å². The highest BCUT2D eigenvalue weighted by Crippen LogP contribution is 2.10. The van der Waals surface area contributed by atoms with Gasteiger partial charge < -0.3 is 14.3 Å². The molecule has 1 fully saturated rings. The normalized spacial score (nSPS) is 20.0. The number of carbonyl (C=O) groups is 1. The lowest BCUT2D eigenvalue weighted by Crippen LogP contribution is -2.23. The number of ether oxygens (including phenoxy) is 2. The smallest absolute Gasteiger partial charge is 0.122 e. The van der Waals surface area contributed by atoms with Crippen molar-refractivity contribution in [3.8, 4) is 0 Å². The minimum absolute atomic E-state index is 0.323. The molecule has 3 nitrogen and oxygen atoms in total. The first-order valence-electron chi connectivity index (χ1n) is 4.06. The quantitative estimate of drug-likeness (QED) is 0.448. The standard InChI is InChI=1S/C8H14O3/c9-4-1-5-11-8-2-6-10-7-3-8/h4,8H,1-3,5-7H2. The van der Waals surface area contributed by atoms with Crippen LogP contribution in [0.25, 0.3) is 0 Å². The first kappa shape index (κ1) is 8.68. The molecule has 64 valence electrons. The summed E-state index contributed by atoms with van der Waals surface area (Å²) in [6.45, 7) is 2.16. The number of aldehydes is 1. The van der Waals surface area contributed by atoms with E-state index in [4.69, 9.17) is 9.47 Å². The van der Waals surface area contributed by atoms with Crippen LogP contribution in [0.4, 0.5) is 0 Å². The Hall–Kier alpha value is -0.410. The molecule has 0 bridgehead atoms. The van der Waals surface area contributed by atoms with E-state index in [1.807, 2.05) is 0 Å². The lowest BCUT2D eigenvalue weighted by molar-refractivity contribution is -0.109.